The van der Waals surface area contributed by atoms with E-state index in [-0.39, 0.29) is 11.9 Å². The highest BCUT2D eigenvalue weighted by molar-refractivity contribution is 6.30. The SMILES string of the molecule is CN(C1CCCCCC1)C(CN)c1cc(F)cc(Cl)c1. The van der Waals surface area contributed by atoms with Crippen LogP contribution in [0.5, 0.6) is 0 Å². The molecule has 0 heterocycles. The minimum Gasteiger partial charge on any atom is -0.329 e. The lowest BCUT2D eigenvalue weighted by molar-refractivity contribution is 0.161. The van der Waals surface area contributed by atoms with Crippen molar-refractivity contribution in [3.63, 3.8) is 0 Å². The Morgan fingerprint density at radius 1 is 1.25 bits per heavy atom. The van der Waals surface area contributed by atoms with E-state index < -0.39 is 0 Å². The van der Waals surface area contributed by atoms with Gasteiger partial charge in [0, 0.05) is 23.7 Å². The first kappa shape index (κ1) is 15.7. The smallest absolute Gasteiger partial charge is 0.125 e. The summed E-state index contributed by atoms with van der Waals surface area (Å²) in [5.74, 6) is -0.291. The lowest BCUT2D eigenvalue weighted by Crippen LogP contribution is -2.38. The van der Waals surface area contributed by atoms with Gasteiger partial charge in [-0.1, -0.05) is 37.3 Å². The van der Waals surface area contributed by atoms with Crippen molar-refractivity contribution in [2.24, 2.45) is 5.73 Å². The summed E-state index contributed by atoms with van der Waals surface area (Å²) in [6.07, 6.45) is 7.60. The highest BCUT2D eigenvalue weighted by Gasteiger charge is 2.24. The van der Waals surface area contributed by atoms with E-state index in [0.717, 1.165) is 5.56 Å². The van der Waals surface area contributed by atoms with Crippen molar-refractivity contribution in [2.75, 3.05) is 13.6 Å². The van der Waals surface area contributed by atoms with Crippen molar-refractivity contribution in [1.29, 1.82) is 0 Å². The van der Waals surface area contributed by atoms with Gasteiger partial charge in [-0.05, 0) is 43.7 Å². The summed E-state index contributed by atoms with van der Waals surface area (Å²) in [4.78, 5) is 2.32. The summed E-state index contributed by atoms with van der Waals surface area (Å²) < 4.78 is 13.6. The molecule has 1 aliphatic carbocycles. The molecule has 1 aromatic carbocycles. The number of hydrogen-bond acceptors (Lipinski definition) is 2. The minimum atomic E-state index is -0.291. The Morgan fingerprint density at radius 3 is 2.45 bits per heavy atom. The molecule has 1 unspecified atom stereocenters. The molecule has 0 radical (unpaired) electrons. The van der Waals surface area contributed by atoms with Crippen molar-refractivity contribution in [3.8, 4) is 0 Å². The largest absolute Gasteiger partial charge is 0.329 e. The Balaban J connectivity index is 2.17. The van der Waals surface area contributed by atoms with Crippen LogP contribution in [0.4, 0.5) is 4.39 Å². The molecule has 1 aliphatic rings. The highest BCUT2D eigenvalue weighted by Crippen LogP contribution is 2.29. The van der Waals surface area contributed by atoms with Crippen LogP contribution in [-0.4, -0.2) is 24.5 Å². The quantitative estimate of drug-likeness (QED) is 0.847. The third kappa shape index (κ3) is 3.94. The van der Waals surface area contributed by atoms with Gasteiger partial charge in [-0.15, -0.1) is 0 Å². The van der Waals surface area contributed by atoms with E-state index >= 15 is 0 Å². The van der Waals surface area contributed by atoms with Crippen LogP contribution in [0, 0.1) is 5.82 Å². The average Bonchev–Trinajstić information content (AvgIpc) is 2.67. The van der Waals surface area contributed by atoms with E-state index in [1.54, 1.807) is 6.07 Å². The molecule has 0 aliphatic heterocycles. The van der Waals surface area contributed by atoms with Gasteiger partial charge in [0.05, 0.1) is 0 Å². The molecule has 2 rings (SSSR count). The molecule has 1 saturated carbocycles. The molecular formula is C16H24ClFN2. The van der Waals surface area contributed by atoms with Crippen LogP contribution in [0.3, 0.4) is 0 Å². The summed E-state index contributed by atoms with van der Waals surface area (Å²) >= 11 is 5.97. The number of nitrogens with zero attached hydrogens (tertiary/aromatic N) is 1. The molecule has 1 fully saturated rings. The van der Waals surface area contributed by atoms with Gasteiger partial charge in [-0.2, -0.15) is 0 Å². The molecule has 1 aromatic rings. The van der Waals surface area contributed by atoms with Gasteiger partial charge in [0.25, 0.3) is 0 Å². The molecule has 1 atom stereocenters. The molecule has 0 spiro atoms. The van der Waals surface area contributed by atoms with E-state index in [2.05, 4.69) is 11.9 Å². The number of likely N-dealkylation sites (N-methyl/N-ethyl adjacent to an activating group) is 1. The van der Waals surface area contributed by atoms with Gasteiger partial charge in [-0.25, -0.2) is 4.39 Å². The minimum absolute atomic E-state index is 0.0336. The molecule has 2 N–H and O–H groups in total. The zero-order chi connectivity index (χ0) is 14.5. The molecule has 0 bridgehead atoms. The number of hydrogen-bond donors (Lipinski definition) is 1. The van der Waals surface area contributed by atoms with E-state index in [4.69, 9.17) is 17.3 Å². The third-order valence-corrected chi connectivity index (χ3v) is 4.60. The van der Waals surface area contributed by atoms with E-state index in [1.807, 2.05) is 6.07 Å². The zero-order valence-corrected chi connectivity index (χ0v) is 12.9. The Labute approximate surface area is 126 Å². The van der Waals surface area contributed by atoms with Crippen LogP contribution in [-0.2, 0) is 0 Å². The number of nitrogens with two attached hydrogens (primary N) is 1. The number of halogens is 2. The summed E-state index contributed by atoms with van der Waals surface area (Å²) in [5.41, 5.74) is 6.82. The predicted molar refractivity (Wildman–Crippen MR) is 82.5 cm³/mol. The highest BCUT2D eigenvalue weighted by atomic mass is 35.5. The van der Waals surface area contributed by atoms with Crippen molar-refractivity contribution in [3.05, 3.63) is 34.6 Å². The fraction of sp³-hybridized carbons (Fsp3) is 0.625. The summed E-state index contributed by atoms with van der Waals surface area (Å²) in [6, 6.07) is 5.29. The fourth-order valence-corrected chi connectivity index (χ4v) is 3.45. The summed E-state index contributed by atoms with van der Waals surface area (Å²) in [6.45, 7) is 0.479. The molecule has 0 saturated heterocycles. The fourth-order valence-electron chi connectivity index (χ4n) is 3.22. The molecule has 4 heteroatoms. The monoisotopic (exact) mass is 298 g/mol. The second kappa shape index (κ2) is 7.39. The van der Waals surface area contributed by atoms with E-state index in [1.165, 1.54) is 44.6 Å². The van der Waals surface area contributed by atoms with Gasteiger partial charge in [0.2, 0.25) is 0 Å². The maximum absolute atomic E-state index is 13.6. The lowest BCUT2D eigenvalue weighted by Gasteiger charge is -2.34. The maximum atomic E-state index is 13.6. The number of rotatable bonds is 4. The van der Waals surface area contributed by atoms with Gasteiger partial charge in [0.1, 0.15) is 5.82 Å². The third-order valence-electron chi connectivity index (χ3n) is 4.39. The molecule has 20 heavy (non-hydrogen) atoms. The second-order valence-electron chi connectivity index (χ2n) is 5.77. The summed E-state index contributed by atoms with van der Waals surface area (Å²) in [7, 11) is 2.10. The molecule has 0 amide bonds. The van der Waals surface area contributed by atoms with Crippen LogP contribution >= 0.6 is 11.6 Å². The predicted octanol–water partition coefficient (Wildman–Crippen LogP) is 4.13. The normalized spacial score (nSPS) is 19.1. The lowest BCUT2D eigenvalue weighted by atomic mass is 10.0. The van der Waals surface area contributed by atoms with Gasteiger partial charge in [-0.3, -0.25) is 4.90 Å². The topological polar surface area (TPSA) is 29.3 Å². The first-order valence-corrected chi connectivity index (χ1v) is 7.87. The molecular weight excluding hydrogens is 275 g/mol. The first-order chi connectivity index (χ1) is 9.61. The Morgan fingerprint density at radius 2 is 1.90 bits per heavy atom. The van der Waals surface area contributed by atoms with Crippen molar-refractivity contribution in [1.82, 2.24) is 4.90 Å². The van der Waals surface area contributed by atoms with Crippen LogP contribution in [0.1, 0.15) is 50.1 Å². The first-order valence-electron chi connectivity index (χ1n) is 7.50. The van der Waals surface area contributed by atoms with Crippen LogP contribution in [0.25, 0.3) is 0 Å². The van der Waals surface area contributed by atoms with Crippen LogP contribution in [0.2, 0.25) is 5.02 Å². The average molecular weight is 299 g/mol. The van der Waals surface area contributed by atoms with Crippen molar-refractivity contribution < 1.29 is 4.39 Å². The van der Waals surface area contributed by atoms with Crippen molar-refractivity contribution >= 4 is 11.6 Å². The zero-order valence-electron chi connectivity index (χ0n) is 12.1. The van der Waals surface area contributed by atoms with Gasteiger partial charge >= 0.3 is 0 Å². The standard InChI is InChI=1S/C16H24ClFN2/c1-20(15-6-4-2-3-5-7-15)16(11-19)12-8-13(17)10-14(18)9-12/h8-10,15-16H,2-7,11,19H2,1H3. The number of benzene rings is 1. The Hall–Kier alpha value is -0.640. The molecule has 112 valence electrons. The maximum Gasteiger partial charge on any atom is 0.125 e. The summed E-state index contributed by atoms with van der Waals surface area (Å²) in [5, 5.41) is 0.438. The Kier molecular flexibility index (Phi) is 5.82. The van der Waals surface area contributed by atoms with Gasteiger partial charge in [0.15, 0.2) is 0 Å². The molecule has 0 aromatic heterocycles. The molecule has 2 nitrogen and oxygen atoms in total. The van der Waals surface area contributed by atoms with Gasteiger partial charge < -0.3 is 5.73 Å². The second-order valence-corrected chi connectivity index (χ2v) is 6.20. The van der Waals surface area contributed by atoms with Crippen molar-refractivity contribution in [2.45, 2.75) is 50.6 Å². The van der Waals surface area contributed by atoms with E-state index in [0.29, 0.717) is 17.6 Å². The van der Waals surface area contributed by atoms with E-state index in [9.17, 15) is 4.39 Å². The van der Waals surface area contributed by atoms with Crippen LogP contribution < -0.4 is 5.73 Å². The Bertz CT molecular complexity index is 410. The van der Waals surface area contributed by atoms with Crippen LogP contribution in [0.15, 0.2) is 18.2 Å².